The second-order valence-corrected chi connectivity index (χ2v) is 4.93. The first-order valence-corrected chi connectivity index (χ1v) is 7.33. The molecule has 0 amide bonds. The van der Waals surface area contributed by atoms with Gasteiger partial charge in [-0.1, -0.05) is 25.1 Å². The molecule has 1 aromatic heterocycles. The Balaban J connectivity index is 2.17. The van der Waals surface area contributed by atoms with Gasteiger partial charge in [0.05, 0.1) is 24.5 Å². The molecule has 5 nitrogen and oxygen atoms in total. The zero-order valence-corrected chi connectivity index (χ0v) is 12.8. The van der Waals surface area contributed by atoms with Crippen molar-refractivity contribution in [3.63, 3.8) is 0 Å². The van der Waals surface area contributed by atoms with Gasteiger partial charge in [-0.25, -0.2) is 4.68 Å². The van der Waals surface area contributed by atoms with Crippen molar-refractivity contribution in [1.29, 1.82) is 0 Å². The van der Waals surface area contributed by atoms with Crippen LogP contribution in [0.2, 0.25) is 0 Å². The van der Waals surface area contributed by atoms with Crippen LogP contribution in [0.4, 0.5) is 0 Å². The molecular formula is C16H24N4O. The molecule has 5 heteroatoms. The van der Waals surface area contributed by atoms with E-state index >= 15 is 0 Å². The Kier molecular flexibility index (Phi) is 5.92. The lowest BCUT2D eigenvalue weighted by Crippen LogP contribution is -2.35. The van der Waals surface area contributed by atoms with Gasteiger partial charge in [-0.2, -0.15) is 5.10 Å². The van der Waals surface area contributed by atoms with Crippen LogP contribution in [0.5, 0.6) is 0 Å². The fourth-order valence-electron chi connectivity index (χ4n) is 2.47. The second kappa shape index (κ2) is 7.93. The highest BCUT2D eigenvalue weighted by molar-refractivity contribution is 5.31. The van der Waals surface area contributed by atoms with Crippen LogP contribution in [0, 0.1) is 0 Å². The van der Waals surface area contributed by atoms with Crippen molar-refractivity contribution in [2.75, 3.05) is 33.4 Å². The zero-order chi connectivity index (χ0) is 15.1. The highest BCUT2D eigenvalue weighted by Gasteiger charge is 2.19. The number of rotatable bonds is 8. The molecule has 2 aromatic rings. The topological polar surface area (TPSA) is 56.3 Å². The molecule has 0 spiro atoms. The van der Waals surface area contributed by atoms with E-state index in [0.717, 1.165) is 24.3 Å². The molecule has 2 N–H and O–H groups in total. The zero-order valence-electron chi connectivity index (χ0n) is 12.8. The summed E-state index contributed by atoms with van der Waals surface area (Å²) < 4.78 is 7.07. The van der Waals surface area contributed by atoms with Gasteiger partial charge in [0, 0.05) is 32.0 Å². The van der Waals surface area contributed by atoms with Gasteiger partial charge in [-0.3, -0.25) is 4.90 Å². The average Bonchev–Trinajstić information content (AvgIpc) is 3.02. The van der Waals surface area contributed by atoms with Crippen molar-refractivity contribution in [2.24, 2.45) is 5.73 Å². The maximum atomic E-state index is 5.98. The molecule has 0 aliphatic rings. The minimum Gasteiger partial charge on any atom is -0.383 e. The molecule has 0 saturated carbocycles. The van der Waals surface area contributed by atoms with Gasteiger partial charge in [0.15, 0.2) is 0 Å². The smallest absolute Gasteiger partial charge is 0.0645 e. The van der Waals surface area contributed by atoms with Crippen LogP contribution in [0.15, 0.2) is 42.7 Å². The van der Waals surface area contributed by atoms with Crippen molar-refractivity contribution < 1.29 is 4.74 Å². The van der Waals surface area contributed by atoms with E-state index < -0.39 is 0 Å². The van der Waals surface area contributed by atoms with E-state index in [1.165, 1.54) is 0 Å². The number of hydrogen-bond acceptors (Lipinski definition) is 4. The maximum absolute atomic E-state index is 5.98. The van der Waals surface area contributed by atoms with Crippen LogP contribution < -0.4 is 5.73 Å². The largest absolute Gasteiger partial charge is 0.383 e. The summed E-state index contributed by atoms with van der Waals surface area (Å²) in [4.78, 5) is 2.32. The van der Waals surface area contributed by atoms with E-state index in [0.29, 0.717) is 13.2 Å². The van der Waals surface area contributed by atoms with Crippen molar-refractivity contribution in [3.05, 3.63) is 48.3 Å². The molecule has 1 aromatic carbocycles. The summed E-state index contributed by atoms with van der Waals surface area (Å²) in [6.07, 6.45) is 3.96. The first kappa shape index (κ1) is 15.7. The van der Waals surface area contributed by atoms with Crippen LogP contribution in [0.3, 0.4) is 0 Å². The number of methoxy groups -OCH3 is 1. The third kappa shape index (κ3) is 3.91. The van der Waals surface area contributed by atoms with Crippen molar-refractivity contribution in [2.45, 2.75) is 13.0 Å². The summed E-state index contributed by atoms with van der Waals surface area (Å²) in [5.74, 6) is 0. The normalized spacial score (nSPS) is 12.8. The third-order valence-corrected chi connectivity index (χ3v) is 3.66. The third-order valence-electron chi connectivity index (χ3n) is 3.66. The lowest BCUT2D eigenvalue weighted by molar-refractivity contribution is 0.125. The van der Waals surface area contributed by atoms with Gasteiger partial charge >= 0.3 is 0 Å². The molecule has 0 saturated heterocycles. The SMILES string of the molecule is CCN(CCOC)C(CN)c1cnn(-c2ccccc2)c1. The van der Waals surface area contributed by atoms with E-state index in [4.69, 9.17) is 10.5 Å². The molecular weight excluding hydrogens is 264 g/mol. The Morgan fingerprint density at radius 1 is 1.33 bits per heavy atom. The summed E-state index contributed by atoms with van der Waals surface area (Å²) in [5.41, 5.74) is 8.17. The van der Waals surface area contributed by atoms with Crippen LogP contribution in [-0.2, 0) is 4.74 Å². The lowest BCUT2D eigenvalue weighted by Gasteiger charge is -2.28. The van der Waals surface area contributed by atoms with E-state index in [-0.39, 0.29) is 6.04 Å². The fourth-order valence-corrected chi connectivity index (χ4v) is 2.47. The molecule has 1 unspecified atom stereocenters. The Labute approximate surface area is 126 Å². The minimum absolute atomic E-state index is 0.169. The fraction of sp³-hybridized carbons (Fsp3) is 0.438. The number of nitrogens with two attached hydrogens (primary N) is 1. The Hall–Kier alpha value is -1.69. The predicted molar refractivity (Wildman–Crippen MR) is 84.5 cm³/mol. The second-order valence-electron chi connectivity index (χ2n) is 4.93. The molecule has 114 valence electrons. The molecule has 1 atom stereocenters. The molecule has 0 bridgehead atoms. The quantitative estimate of drug-likeness (QED) is 0.805. The van der Waals surface area contributed by atoms with Gasteiger partial charge < -0.3 is 10.5 Å². The summed E-state index contributed by atoms with van der Waals surface area (Å²) in [7, 11) is 1.72. The Morgan fingerprint density at radius 2 is 2.10 bits per heavy atom. The summed E-state index contributed by atoms with van der Waals surface area (Å²) >= 11 is 0. The van der Waals surface area contributed by atoms with Gasteiger partial charge in [-0.05, 0) is 18.7 Å². The molecule has 0 aliphatic heterocycles. The van der Waals surface area contributed by atoms with Crippen molar-refractivity contribution in [1.82, 2.24) is 14.7 Å². The number of hydrogen-bond donors (Lipinski definition) is 1. The molecule has 21 heavy (non-hydrogen) atoms. The molecule has 0 fully saturated rings. The van der Waals surface area contributed by atoms with Crippen molar-refractivity contribution >= 4 is 0 Å². The van der Waals surface area contributed by atoms with Crippen LogP contribution >= 0.6 is 0 Å². The number of likely N-dealkylation sites (N-methyl/N-ethyl adjacent to an activating group) is 1. The Morgan fingerprint density at radius 3 is 2.71 bits per heavy atom. The highest BCUT2D eigenvalue weighted by atomic mass is 16.5. The van der Waals surface area contributed by atoms with Crippen LogP contribution in [-0.4, -0.2) is 48.0 Å². The summed E-state index contributed by atoms with van der Waals surface area (Å²) in [5, 5.41) is 4.46. The first-order chi connectivity index (χ1) is 10.3. The highest BCUT2D eigenvalue weighted by Crippen LogP contribution is 2.20. The van der Waals surface area contributed by atoms with Gasteiger partial charge in [-0.15, -0.1) is 0 Å². The average molecular weight is 288 g/mol. The monoisotopic (exact) mass is 288 g/mol. The van der Waals surface area contributed by atoms with Crippen LogP contribution in [0.25, 0.3) is 5.69 Å². The summed E-state index contributed by atoms with van der Waals surface area (Å²) in [6.45, 7) is 5.21. The Bertz CT molecular complexity index is 526. The molecule has 0 aliphatic carbocycles. The number of para-hydroxylation sites is 1. The van der Waals surface area contributed by atoms with Crippen LogP contribution in [0.1, 0.15) is 18.5 Å². The number of aromatic nitrogens is 2. The van der Waals surface area contributed by atoms with E-state index in [9.17, 15) is 0 Å². The summed E-state index contributed by atoms with van der Waals surface area (Å²) in [6, 6.07) is 10.3. The van der Waals surface area contributed by atoms with E-state index in [2.05, 4.69) is 23.1 Å². The predicted octanol–water partition coefficient (Wildman–Crippen LogP) is 1.84. The lowest BCUT2D eigenvalue weighted by atomic mass is 10.1. The number of benzene rings is 1. The van der Waals surface area contributed by atoms with Gasteiger partial charge in [0.2, 0.25) is 0 Å². The standard InChI is InChI=1S/C16H24N4O/c1-3-19(9-10-21-2)16(11-17)14-12-18-20(13-14)15-7-5-4-6-8-15/h4-8,12-13,16H,3,9-11,17H2,1-2H3. The first-order valence-electron chi connectivity index (χ1n) is 7.33. The molecule has 0 radical (unpaired) electrons. The van der Waals surface area contributed by atoms with E-state index in [1.54, 1.807) is 7.11 Å². The van der Waals surface area contributed by atoms with Gasteiger partial charge in [0.1, 0.15) is 0 Å². The van der Waals surface area contributed by atoms with Crippen molar-refractivity contribution in [3.8, 4) is 5.69 Å². The minimum atomic E-state index is 0.169. The van der Waals surface area contributed by atoms with Gasteiger partial charge in [0.25, 0.3) is 0 Å². The number of nitrogens with zero attached hydrogens (tertiary/aromatic N) is 3. The molecule has 1 heterocycles. The number of ether oxygens (including phenoxy) is 1. The molecule has 2 rings (SSSR count). The van der Waals surface area contributed by atoms with E-state index in [1.807, 2.05) is 41.2 Å². The maximum Gasteiger partial charge on any atom is 0.0645 e.